The molecule has 0 aliphatic carbocycles. The number of hydrogen-bond acceptors (Lipinski definition) is 9. The number of methoxy groups -OCH3 is 1. The SMILES string of the molecule is COCc1c(C(=O)N/N=C/c2ccccc2Cl)nnn1-c1nonc1N. The van der Waals surface area contributed by atoms with Gasteiger partial charge in [0.15, 0.2) is 5.69 Å². The molecule has 3 aromatic rings. The number of hydrazone groups is 1. The van der Waals surface area contributed by atoms with E-state index < -0.39 is 5.91 Å². The molecule has 0 spiro atoms. The monoisotopic (exact) mass is 376 g/mol. The van der Waals surface area contributed by atoms with Gasteiger partial charge >= 0.3 is 0 Å². The number of benzene rings is 1. The van der Waals surface area contributed by atoms with Crippen molar-refractivity contribution in [2.45, 2.75) is 6.61 Å². The number of hydrogen-bond donors (Lipinski definition) is 2. The average molecular weight is 377 g/mol. The maximum absolute atomic E-state index is 12.4. The van der Waals surface area contributed by atoms with E-state index in [9.17, 15) is 4.79 Å². The first-order valence-corrected chi connectivity index (χ1v) is 7.59. The van der Waals surface area contributed by atoms with Crippen LogP contribution in [0.1, 0.15) is 21.7 Å². The number of aromatic nitrogens is 5. The van der Waals surface area contributed by atoms with Crippen molar-refractivity contribution in [3.63, 3.8) is 0 Å². The van der Waals surface area contributed by atoms with Crippen LogP contribution in [0.2, 0.25) is 5.02 Å². The molecule has 26 heavy (non-hydrogen) atoms. The number of nitrogens with one attached hydrogen (secondary N) is 1. The van der Waals surface area contributed by atoms with Crippen molar-refractivity contribution in [2.75, 3.05) is 12.8 Å². The van der Waals surface area contributed by atoms with E-state index in [0.717, 1.165) is 0 Å². The number of halogens is 1. The molecule has 0 saturated heterocycles. The molecule has 1 amide bonds. The van der Waals surface area contributed by atoms with Crippen LogP contribution in [0.4, 0.5) is 5.82 Å². The summed E-state index contributed by atoms with van der Waals surface area (Å²) in [4.78, 5) is 12.4. The summed E-state index contributed by atoms with van der Waals surface area (Å²) in [6.45, 7) is 0.0241. The second kappa shape index (κ2) is 7.72. The molecule has 2 heterocycles. The largest absolute Gasteiger partial charge is 0.378 e. The first kappa shape index (κ1) is 17.5. The van der Waals surface area contributed by atoms with Crippen LogP contribution >= 0.6 is 11.6 Å². The fourth-order valence-corrected chi connectivity index (χ4v) is 2.23. The molecular formula is C14H13ClN8O3. The smallest absolute Gasteiger partial charge is 0.293 e. The summed E-state index contributed by atoms with van der Waals surface area (Å²) < 4.78 is 10.8. The van der Waals surface area contributed by atoms with Crippen LogP contribution in [-0.4, -0.2) is 44.5 Å². The molecule has 0 aliphatic heterocycles. The van der Waals surface area contributed by atoms with Gasteiger partial charge in [-0.15, -0.1) is 5.10 Å². The lowest BCUT2D eigenvalue weighted by Gasteiger charge is -2.04. The van der Waals surface area contributed by atoms with Crippen LogP contribution in [0.25, 0.3) is 5.82 Å². The highest BCUT2D eigenvalue weighted by Crippen LogP contribution is 2.16. The summed E-state index contributed by atoms with van der Waals surface area (Å²) in [6, 6.07) is 7.06. The topological polar surface area (TPSA) is 146 Å². The molecule has 3 rings (SSSR count). The molecule has 2 aromatic heterocycles. The van der Waals surface area contributed by atoms with E-state index >= 15 is 0 Å². The summed E-state index contributed by atoms with van der Waals surface area (Å²) >= 11 is 6.02. The Balaban J connectivity index is 1.82. The zero-order valence-electron chi connectivity index (χ0n) is 13.5. The Morgan fingerprint density at radius 3 is 2.96 bits per heavy atom. The van der Waals surface area contributed by atoms with Gasteiger partial charge in [0.05, 0.1) is 12.8 Å². The maximum atomic E-state index is 12.4. The Hall–Kier alpha value is -3.31. The third kappa shape index (κ3) is 3.53. The second-order valence-corrected chi connectivity index (χ2v) is 5.33. The molecule has 0 aliphatic rings. The van der Waals surface area contributed by atoms with Gasteiger partial charge < -0.3 is 10.5 Å². The Labute approximate surface area is 151 Å². The first-order valence-electron chi connectivity index (χ1n) is 7.21. The zero-order chi connectivity index (χ0) is 18.5. The molecular weight excluding hydrogens is 364 g/mol. The lowest BCUT2D eigenvalue weighted by Crippen LogP contribution is -2.20. The number of rotatable bonds is 6. The minimum Gasteiger partial charge on any atom is -0.378 e. The highest BCUT2D eigenvalue weighted by atomic mass is 35.5. The van der Waals surface area contributed by atoms with E-state index in [4.69, 9.17) is 22.1 Å². The van der Waals surface area contributed by atoms with Gasteiger partial charge in [0.2, 0.25) is 11.6 Å². The van der Waals surface area contributed by atoms with Crippen LogP contribution in [0, 0.1) is 0 Å². The van der Waals surface area contributed by atoms with Crippen molar-refractivity contribution >= 4 is 29.5 Å². The summed E-state index contributed by atoms with van der Waals surface area (Å²) in [6.07, 6.45) is 1.42. The molecule has 1 aromatic carbocycles. The standard InChI is InChI=1S/C14H13ClN8O3/c1-25-7-10-11(18-22-23(10)13-12(16)20-26-21-13)14(24)19-17-6-8-4-2-3-5-9(8)15/h2-6H,7H2,1H3,(H2,16,20)(H,19,24)/b17-6+. The van der Waals surface area contributed by atoms with Crippen molar-refractivity contribution in [1.82, 2.24) is 30.7 Å². The number of carbonyl (C=O) groups excluding carboxylic acids is 1. The number of carbonyl (C=O) groups is 1. The first-order chi connectivity index (χ1) is 12.6. The van der Waals surface area contributed by atoms with Crippen LogP contribution < -0.4 is 11.2 Å². The molecule has 12 heteroatoms. The Morgan fingerprint density at radius 2 is 2.27 bits per heavy atom. The van der Waals surface area contributed by atoms with E-state index in [0.29, 0.717) is 16.3 Å². The third-order valence-corrected chi connectivity index (χ3v) is 3.57. The summed E-state index contributed by atoms with van der Waals surface area (Å²) in [5.74, 6) is -0.499. The minimum absolute atomic E-state index is 0.00375. The lowest BCUT2D eigenvalue weighted by atomic mass is 10.2. The van der Waals surface area contributed by atoms with Crippen LogP contribution in [0.15, 0.2) is 34.0 Å². The second-order valence-electron chi connectivity index (χ2n) is 4.92. The van der Waals surface area contributed by atoms with Crippen molar-refractivity contribution in [3.05, 3.63) is 46.2 Å². The predicted molar refractivity (Wildman–Crippen MR) is 90.9 cm³/mol. The number of nitrogens with two attached hydrogens (primary N) is 1. The van der Waals surface area contributed by atoms with Gasteiger partial charge in [0, 0.05) is 17.7 Å². The summed E-state index contributed by atoms with van der Waals surface area (Å²) in [5, 5.41) is 19.2. The molecule has 134 valence electrons. The number of anilines is 1. The van der Waals surface area contributed by atoms with E-state index in [2.05, 4.69) is 35.8 Å². The summed E-state index contributed by atoms with van der Waals surface area (Å²) in [7, 11) is 1.46. The fraction of sp³-hybridized carbons (Fsp3) is 0.143. The number of amides is 1. The van der Waals surface area contributed by atoms with Gasteiger partial charge in [0.25, 0.3) is 5.91 Å². The minimum atomic E-state index is -0.596. The predicted octanol–water partition coefficient (Wildman–Crippen LogP) is 0.796. The molecule has 0 saturated carbocycles. The zero-order valence-corrected chi connectivity index (χ0v) is 14.2. The van der Waals surface area contributed by atoms with E-state index in [1.54, 1.807) is 24.3 Å². The third-order valence-electron chi connectivity index (χ3n) is 3.23. The molecule has 3 N–H and O–H groups in total. The highest BCUT2D eigenvalue weighted by Gasteiger charge is 2.23. The van der Waals surface area contributed by atoms with Gasteiger partial charge in [-0.05, 0) is 16.4 Å². The Bertz CT molecular complexity index is 951. The Kier molecular flexibility index (Phi) is 5.20. The van der Waals surface area contributed by atoms with Crippen molar-refractivity contribution in [2.24, 2.45) is 5.10 Å². The van der Waals surface area contributed by atoms with Gasteiger partial charge in [-0.2, -0.15) is 9.78 Å². The van der Waals surface area contributed by atoms with Gasteiger partial charge in [0.1, 0.15) is 5.69 Å². The van der Waals surface area contributed by atoms with Gasteiger partial charge in [-0.1, -0.05) is 35.0 Å². The molecule has 0 bridgehead atoms. The number of nitrogens with zero attached hydrogens (tertiary/aromatic N) is 6. The molecule has 11 nitrogen and oxygen atoms in total. The Morgan fingerprint density at radius 1 is 1.46 bits per heavy atom. The van der Waals surface area contributed by atoms with Gasteiger partial charge in [-0.25, -0.2) is 10.1 Å². The van der Waals surface area contributed by atoms with Crippen molar-refractivity contribution < 1.29 is 14.2 Å². The normalized spacial score (nSPS) is 11.2. The van der Waals surface area contributed by atoms with E-state index in [1.165, 1.54) is 18.0 Å². The average Bonchev–Trinajstić information content (AvgIpc) is 3.23. The quantitative estimate of drug-likeness (QED) is 0.474. The summed E-state index contributed by atoms with van der Waals surface area (Å²) in [5.41, 5.74) is 8.95. The van der Waals surface area contributed by atoms with Crippen molar-refractivity contribution in [3.8, 4) is 5.82 Å². The number of ether oxygens (including phenoxy) is 1. The van der Waals surface area contributed by atoms with Crippen molar-refractivity contribution in [1.29, 1.82) is 0 Å². The number of nitrogen functional groups attached to an aromatic ring is 1. The molecule has 0 unspecified atom stereocenters. The van der Waals surface area contributed by atoms with Gasteiger partial charge in [-0.3, -0.25) is 4.79 Å². The van der Waals surface area contributed by atoms with Crippen LogP contribution in [0.5, 0.6) is 0 Å². The lowest BCUT2D eigenvalue weighted by molar-refractivity contribution is 0.0944. The highest BCUT2D eigenvalue weighted by molar-refractivity contribution is 6.33. The fourth-order valence-electron chi connectivity index (χ4n) is 2.05. The molecule has 0 fully saturated rings. The van der Waals surface area contributed by atoms with E-state index in [-0.39, 0.29) is 23.9 Å². The van der Waals surface area contributed by atoms with Crippen LogP contribution in [-0.2, 0) is 11.3 Å². The maximum Gasteiger partial charge on any atom is 0.293 e. The van der Waals surface area contributed by atoms with E-state index in [1.807, 2.05) is 0 Å². The van der Waals surface area contributed by atoms with Crippen LogP contribution in [0.3, 0.4) is 0 Å². The molecule has 0 atom stereocenters. The molecule has 0 radical (unpaired) electrons.